The highest BCUT2D eigenvalue weighted by Gasteiger charge is 2.36. The van der Waals surface area contributed by atoms with Crippen molar-refractivity contribution in [2.75, 3.05) is 12.0 Å². The SMILES string of the molecule is COc1ccc(N2C(=Nc3ccc(C(F)(F)F)cc3)CC2c2ccccc2)cc1. The molecule has 1 unspecified atom stereocenters. The third kappa shape index (κ3) is 3.97. The standard InChI is InChI=1S/C23H19F3N2O/c1-29-20-13-11-19(12-14-20)28-21(16-5-3-2-4-6-16)15-22(28)27-18-9-7-17(8-10-18)23(24,25)26/h2-14,21H,15H2,1H3. The van der Waals surface area contributed by atoms with Crippen molar-refractivity contribution in [2.24, 2.45) is 4.99 Å². The van der Waals surface area contributed by atoms with E-state index >= 15 is 0 Å². The summed E-state index contributed by atoms with van der Waals surface area (Å²) >= 11 is 0. The molecule has 1 heterocycles. The molecule has 3 aromatic carbocycles. The first-order chi connectivity index (χ1) is 14.0. The van der Waals surface area contributed by atoms with E-state index in [0.717, 1.165) is 35.0 Å². The lowest BCUT2D eigenvalue weighted by Crippen LogP contribution is -2.46. The van der Waals surface area contributed by atoms with Crippen LogP contribution in [0.2, 0.25) is 0 Å². The van der Waals surface area contributed by atoms with Gasteiger partial charge in [0.15, 0.2) is 0 Å². The molecule has 6 heteroatoms. The van der Waals surface area contributed by atoms with Crippen LogP contribution in [0.1, 0.15) is 23.6 Å². The summed E-state index contributed by atoms with van der Waals surface area (Å²) in [5.41, 5.74) is 1.94. The Morgan fingerprint density at radius 3 is 2.14 bits per heavy atom. The van der Waals surface area contributed by atoms with E-state index in [1.54, 1.807) is 7.11 Å². The highest BCUT2D eigenvalue weighted by atomic mass is 19.4. The minimum atomic E-state index is -4.35. The van der Waals surface area contributed by atoms with Gasteiger partial charge in [0.25, 0.3) is 0 Å². The molecule has 0 saturated carbocycles. The molecule has 3 aromatic rings. The van der Waals surface area contributed by atoms with E-state index in [-0.39, 0.29) is 6.04 Å². The summed E-state index contributed by atoms with van der Waals surface area (Å²) in [4.78, 5) is 6.71. The maximum absolute atomic E-state index is 12.8. The van der Waals surface area contributed by atoms with Gasteiger partial charge in [0, 0.05) is 12.1 Å². The molecule has 0 radical (unpaired) electrons. The van der Waals surface area contributed by atoms with E-state index in [2.05, 4.69) is 22.0 Å². The van der Waals surface area contributed by atoms with Crippen LogP contribution in [0.5, 0.6) is 5.75 Å². The van der Waals surface area contributed by atoms with Crippen molar-refractivity contribution in [3.63, 3.8) is 0 Å². The van der Waals surface area contributed by atoms with E-state index in [0.29, 0.717) is 12.1 Å². The van der Waals surface area contributed by atoms with Gasteiger partial charge in [0.2, 0.25) is 0 Å². The minimum Gasteiger partial charge on any atom is -0.497 e. The van der Waals surface area contributed by atoms with Gasteiger partial charge in [0.05, 0.1) is 24.4 Å². The molecule has 1 saturated heterocycles. The molecular weight excluding hydrogens is 377 g/mol. The van der Waals surface area contributed by atoms with Crippen LogP contribution in [0.3, 0.4) is 0 Å². The van der Waals surface area contributed by atoms with Crippen molar-refractivity contribution in [1.82, 2.24) is 0 Å². The van der Waals surface area contributed by atoms with Crippen molar-refractivity contribution in [3.8, 4) is 5.75 Å². The molecule has 1 atom stereocenters. The fourth-order valence-electron chi connectivity index (χ4n) is 3.42. The summed E-state index contributed by atoms with van der Waals surface area (Å²) < 4.78 is 43.6. The molecule has 0 aromatic heterocycles. The van der Waals surface area contributed by atoms with Crippen LogP contribution in [-0.2, 0) is 6.18 Å². The fourth-order valence-corrected chi connectivity index (χ4v) is 3.42. The Morgan fingerprint density at radius 1 is 0.897 bits per heavy atom. The van der Waals surface area contributed by atoms with Crippen LogP contribution in [0.25, 0.3) is 0 Å². The number of rotatable bonds is 4. The van der Waals surface area contributed by atoms with Gasteiger partial charge in [-0.05, 0) is 54.1 Å². The number of hydrogen-bond acceptors (Lipinski definition) is 2. The van der Waals surface area contributed by atoms with E-state index < -0.39 is 11.7 Å². The quantitative estimate of drug-likeness (QED) is 0.510. The molecule has 0 spiro atoms. The average Bonchev–Trinajstić information content (AvgIpc) is 2.72. The topological polar surface area (TPSA) is 24.8 Å². The summed E-state index contributed by atoms with van der Waals surface area (Å²) in [6.45, 7) is 0. The Balaban J connectivity index is 1.65. The van der Waals surface area contributed by atoms with Gasteiger partial charge >= 0.3 is 6.18 Å². The molecule has 29 heavy (non-hydrogen) atoms. The smallest absolute Gasteiger partial charge is 0.416 e. The lowest BCUT2D eigenvalue weighted by atomic mass is 9.92. The van der Waals surface area contributed by atoms with Crippen molar-refractivity contribution in [2.45, 2.75) is 18.6 Å². The van der Waals surface area contributed by atoms with Gasteiger partial charge < -0.3 is 9.64 Å². The fraction of sp³-hybridized carbons (Fsp3) is 0.174. The number of nitrogens with zero attached hydrogens (tertiary/aromatic N) is 2. The number of benzene rings is 3. The first kappa shape index (κ1) is 19.1. The second-order valence-corrected chi connectivity index (χ2v) is 6.77. The van der Waals surface area contributed by atoms with Gasteiger partial charge in [-0.3, -0.25) is 0 Å². The maximum atomic E-state index is 12.8. The van der Waals surface area contributed by atoms with Crippen molar-refractivity contribution >= 4 is 17.2 Å². The van der Waals surface area contributed by atoms with Crippen molar-refractivity contribution in [3.05, 3.63) is 90.0 Å². The summed E-state index contributed by atoms with van der Waals surface area (Å²) in [5, 5.41) is 0. The van der Waals surface area contributed by atoms with E-state index in [4.69, 9.17) is 4.74 Å². The van der Waals surface area contributed by atoms with Crippen LogP contribution in [-0.4, -0.2) is 12.9 Å². The summed E-state index contributed by atoms with van der Waals surface area (Å²) in [6.07, 6.45) is -3.65. The number of hydrogen-bond donors (Lipinski definition) is 0. The lowest BCUT2D eigenvalue weighted by molar-refractivity contribution is -0.137. The van der Waals surface area contributed by atoms with Crippen LogP contribution in [0.4, 0.5) is 24.5 Å². The Bertz CT molecular complexity index is 997. The number of halogens is 3. The number of ether oxygens (including phenoxy) is 1. The zero-order valence-electron chi connectivity index (χ0n) is 15.7. The van der Waals surface area contributed by atoms with Gasteiger partial charge in [0.1, 0.15) is 11.6 Å². The van der Waals surface area contributed by atoms with Gasteiger partial charge in [-0.25, -0.2) is 4.99 Å². The van der Waals surface area contributed by atoms with Crippen molar-refractivity contribution in [1.29, 1.82) is 0 Å². The number of amidine groups is 1. The van der Waals surface area contributed by atoms with E-state index in [9.17, 15) is 13.2 Å². The first-order valence-corrected chi connectivity index (χ1v) is 9.19. The predicted molar refractivity (Wildman–Crippen MR) is 108 cm³/mol. The molecular formula is C23H19F3N2O. The molecule has 0 amide bonds. The van der Waals surface area contributed by atoms with E-state index in [1.165, 1.54) is 12.1 Å². The predicted octanol–water partition coefficient (Wildman–Crippen LogP) is 6.40. The van der Waals surface area contributed by atoms with Crippen LogP contribution in [0.15, 0.2) is 83.9 Å². The van der Waals surface area contributed by atoms with Crippen LogP contribution >= 0.6 is 0 Å². The highest BCUT2D eigenvalue weighted by molar-refractivity contribution is 6.06. The number of methoxy groups -OCH3 is 1. The Labute approximate surface area is 167 Å². The highest BCUT2D eigenvalue weighted by Crippen LogP contribution is 2.41. The molecule has 1 aliphatic rings. The van der Waals surface area contributed by atoms with Crippen LogP contribution in [0, 0.1) is 0 Å². The molecule has 3 nitrogen and oxygen atoms in total. The molecule has 4 rings (SSSR count). The van der Waals surface area contributed by atoms with Crippen LogP contribution < -0.4 is 9.64 Å². The maximum Gasteiger partial charge on any atom is 0.416 e. The average molecular weight is 396 g/mol. The zero-order valence-corrected chi connectivity index (χ0v) is 15.7. The summed E-state index contributed by atoms with van der Waals surface area (Å²) in [6, 6.07) is 22.8. The largest absolute Gasteiger partial charge is 0.497 e. The Hall–Kier alpha value is -3.28. The minimum absolute atomic E-state index is 0.123. The summed E-state index contributed by atoms with van der Waals surface area (Å²) in [5.74, 6) is 1.57. The number of aliphatic imine (C=N–C) groups is 1. The third-order valence-electron chi connectivity index (χ3n) is 4.95. The Kier molecular flexibility index (Phi) is 5.01. The monoisotopic (exact) mass is 396 g/mol. The second-order valence-electron chi connectivity index (χ2n) is 6.77. The number of alkyl halides is 3. The second kappa shape index (κ2) is 7.62. The van der Waals surface area contributed by atoms with E-state index in [1.807, 2.05) is 42.5 Å². The Morgan fingerprint density at radius 2 is 1.55 bits per heavy atom. The zero-order chi connectivity index (χ0) is 20.4. The first-order valence-electron chi connectivity index (χ1n) is 9.19. The third-order valence-corrected chi connectivity index (χ3v) is 4.95. The summed E-state index contributed by atoms with van der Waals surface area (Å²) in [7, 11) is 1.61. The molecule has 1 aliphatic heterocycles. The molecule has 0 N–H and O–H groups in total. The van der Waals surface area contributed by atoms with Gasteiger partial charge in [-0.1, -0.05) is 30.3 Å². The van der Waals surface area contributed by atoms with Gasteiger partial charge in [-0.15, -0.1) is 0 Å². The molecule has 148 valence electrons. The van der Waals surface area contributed by atoms with Crippen molar-refractivity contribution < 1.29 is 17.9 Å². The lowest BCUT2D eigenvalue weighted by Gasteiger charge is -2.44. The van der Waals surface area contributed by atoms with Gasteiger partial charge in [-0.2, -0.15) is 13.2 Å². The molecule has 0 aliphatic carbocycles. The normalized spacial score (nSPS) is 17.9. The molecule has 0 bridgehead atoms. The molecule has 1 fully saturated rings. The number of anilines is 1.